The van der Waals surface area contributed by atoms with E-state index in [1.54, 1.807) is 0 Å². The molecule has 0 aromatic carbocycles. The molecule has 1 aliphatic carbocycles. The highest BCUT2D eigenvalue weighted by atomic mass is 16.4. The van der Waals surface area contributed by atoms with Gasteiger partial charge in [-0.15, -0.1) is 5.10 Å². The Hall–Kier alpha value is -1.10. The predicted octanol–water partition coefficient (Wildman–Crippen LogP) is 1.71. The van der Waals surface area contributed by atoms with Crippen LogP contribution in [0.1, 0.15) is 44.4 Å². The van der Waals surface area contributed by atoms with Crippen LogP contribution in [-0.4, -0.2) is 22.8 Å². The molecule has 1 heterocycles. The van der Waals surface area contributed by atoms with Crippen molar-refractivity contribution >= 4 is 6.01 Å². The molecule has 0 amide bonds. The maximum atomic E-state index is 5.45. The largest absolute Gasteiger partial charge is 0.408 e. The molecule has 5 nitrogen and oxygen atoms in total. The number of anilines is 1. The molecule has 3 N–H and O–H groups in total. The minimum absolute atomic E-state index is 0.494. The number of rotatable bonds is 4. The Bertz CT molecular complexity index is 305. The zero-order valence-corrected chi connectivity index (χ0v) is 9.61. The topological polar surface area (TPSA) is 77.0 Å². The second kappa shape index (κ2) is 5.84. The van der Waals surface area contributed by atoms with Crippen LogP contribution in [0.4, 0.5) is 6.01 Å². The van der Waals surface area contributed by atoms with Crippen molar-refractivity contribution in [2.24, 2.45) is 5.73 Å². The van der Waals surface area contributed by atoms with E-state index in [0.717, 1.165) is 0 Å². The van der Waals surface area contributed by atoms with Crippen LogP contribution in [0.15, 0.2) is 4.42 Å². The molecule has 1 aromatic rings. The first kappa shape index (κ1) is 11.4. The molecule has 0 aliphatic heterocycles. The molecule has 0 spiro atoms. The minimum atomic E-state index is 0.494. The molecule has 90 valence electrons. The molecule has 16 heavy (non-hydrogen) atoms. The SMILES string of the molecule is NCCc1nnc(NC2CCCCCC2)o1. The van der Waals surface area contributed by atoms with E-state index in [1.807, 2.05) is 0 Å². The average Bonchev–Trinajstić information content (AvgIpc) is 2.56. The Morgan fingerprint density at radius 1 is 1.19 bits per heavy atom. The van der Waals surface area contributed by atoms with Gasteiger partial charge in [0.15, 0.2) is 0 Å². The third-order valence-electron chi connectivity index (χ3n) is 3.01. The molecule has 0 atom stereocenters. The maximum Gasteiger partial charge on any atom is 0.315 e. The van der Waals surface area contributed by atoms with E-state index < -0.39 is 0 Å². The van der Waals surface area contributed by atoms with Crippen molar-refractivity contribution in [1.29, 1.82) is 0 Å². The average molecular weight is 224 g/mol. The third kappa shape index (κ3) is 3.20. The van der Waals surface area contributed by atoms with Crippen LogP contribution in [0.3, 0.4) is 0 Å². The van der Waals surface area contributed by atoms with Crippen LogP contribution in [0.25, 0.3) is 0 Å². The lowest BCUT2D eigenvalue weighted by Crippen LogP contribution is -2.18. The first-order valence-electron chi connectivity index (χ1n) is 6.17. The van der Waals surface area contributed by atoms with Crippen molar-refractivity contribution in [3.8, 4) is 0 Å². The van der Waals surface area contributed by atoms with E-state index in [2.05, 4.69) is 15.5 Å². The summed E-state index contributed by atoms with van der Waals surface area (Å²) in [6, 6.07) is 1.05. The Morgan fingerprint density at radius 2 is 1.94 bits per heavy atom. The van der Waals surface area contributed by atoms with Gasteiger partial charge in [-0.05, 0) is 12.8 Å². The summed E-state index contributed by atoms with van der Waals surface area (Å²) in [7, 11) is 0. The molecule has 1 aromatic heterocycles. The standard InChI is InChI=1S/C11H20N4O/c12-8-7-10-14-15-11(16-10)13-9-5-3-1-2-4-6-9/h9H,1-8,12H2,(H,13,15). The monoisotopic (exact) mass is 224 g/mol. The molecule has 0 saturated heterocycles. The second-order valence-electron chi connectivity index (χ2n) is 4.37. The van der Waals surface area contributed by atoms with Gasteiger partial charge < -0.3 is 15.5 Å². The Labute approximate surface area is 95.8 Å². The van der Waals surface area contributed by atoms with Crippen molar-refractivity contribution in [3.63, 3.8) is 0 Å². The van der Waals surface area contributed by atoms with Gasteiger partial charge in [0.2, 0.25) is 5.89 Å². The zero-order chi connectivity index (χ0) is 11.2. The van der Waals surface area contributed by atoms with Gasteiger partial charge in [-0.2, -0.15) is 0 Å². The fourth-order valence-electron chi connectivity index (χ4n) is 2.13. The number of hydrogen-bond acceptors (Lipinski definition) is 5. The fourth-order valence-corrected chi connectivity index (χ4v) is 2.13. The minimum Gasteiger partial charge on any atom is -0.408 e. The van der Waals surface area contributed by atoms with Gasteiger partial charge in [-0.1, -0.05) is 30.8 Å². The molecule has 5 heteroatoms. The van der Waals surface area contributed by atoms with Gasteiger partial charge in [0.05, 0.1) is 0 Å². The smallest absolute Gasteiger partial charge is 0.315 e. The van der Waals surface area contributed by atoms with E-state index in [0.29, 0.717) is 30.9 Å². The van der Waals surface area contributed by atoms with Crippen LogP contribution in [-0.2, 0) is 6.42 Å². The summed E-state index contributed by atoms with van der Waals surface area (Å²) in [6.45, 7) is 0.547. The molecule has 2 rings (SSSR count). The van der Waals surface area contributed by atoms with Crippen molar-refractivity contribution in [2.45, 2.75) is 51.0 Å². The van der Waals surface area contributed by atoms with E-state index in [4.69, 9.17) is 10.2 Å². The zero-order valence-electron chi connectivity index (χ0n) is 9.61. The van der Waals surface area contributed by atoms with Crippen LogP contribution in [0, 0.1) is 0 Å². The van der Waals surface area contributed by atoms with Crippen LogP contribution in [0.2, 0.25) is 0 Å². The maximum absolute atomic E-state index is 5.45. The first-order chi connectivity index (χ1) is 7.88. The molecule has 1 fully saturated rings. The molecular formula is C11H20N4O. The molecule has 1 saturated carbocycles. The van der Waals surface area contributed by atoms with Crippen molar-refractivity contribution in [1.82, 2.24) is 10.2 Å². The van der Waals surface area contributed by atoms with E-state index in [9.17, 15) is 0 Å². The van der Waals surface area contributed by atoms with Gasteiger partial charge in [0.25, 0.3) is 0 Å². The number of nitrogens with two attached hydrogens (primary N) is 1. The Balaban J connectivity index is 1.86. The predicted molar refractivity (Wildman–Crippen MR) is 62.2 cm³/mol. The summed E-state index contributed by atoms with van der Waals surface area (Å²) in [6.07, 6.45) is 8.34. The lowest BCUT2D eigenvalue weighted by Gasteiger charge is -2.13. The molecular weight excluding hydrogens is 204 g/mol. The summed E-state index contributed by atoms with van der Waals surface area (Å²) in [4.78, 5) is 0. The van der Waals surface area contributed by atoms with E-state index in [1.165, 1.54) is 38.5 Å². The van der Waals surface area contributed by atoms with Crippen LogP contribution in [0.5, 0.6) is 0 Å². The number of hydrogen-bond donors (Lipinski definition) is 2. The van der Waals surface area contributed by atoms with Crippen molar-refractivity contribution in [3.05, 3.63) is 5.89 Å². The van der Waals surface area contributed by atoms with Gasteiger partial charge in [0, 0.05) is 19.0 Å². The Kier molecular flexibility index (Phi) is 4.16. The summed E-state index contributed by atoms with van der Waals surface area (Å²) in [5, 5.41) is 11.2. The lowest BCUT2D eigenvalue weighted by molar-refractivity contribution is 0.491. The van der Waals surface area contributed by atoms with Gasteiger partial charge in [-0.25, -0.2) is 0 Å². The quantitative estimate of drug-likeness (QED) is 0.761. The van der Waals surface area contributed by atoms with Gasteiger partial charge in [-0.3, -0.25) is 0 Å². The summed E-state index contributed by atoms with van der Waals surface area (Å²) in [5.41, 5.74) is 5.43. The summed E-state index contributed by atoms with van der Waals surface area (Å²) < 4.78 is 5.45. The van der Waals surface area contributed by atoms with Crippen molar-refractivity contribution in [2.75, 3.05) is 11.9 Å². The summed E-state index contributed by atoms with van der Waals surface area (Å²) in [5.74, 6) is 0.624. The van der Waals surface area contributed by atoms with Crippen molar-refractivity contribution < 1.29 is 4.42 Å². The molecule has 0 radical (unpaired) electrons. The fraction of sp³-hybridized carbons (Fsp3) is 0.818. The first-order valence-corrected chi connectivity index (χ1v) is 6.17. The highest BCUT2D eigenvalue weighted by molar-refractivity contribution is 5.19. The number of nitrogens with zero attached hydrogens (tertiary/aromatic N) is 2. The van der Waals surface area contributed by atoms with E-state index in [-0.39, 0.29) is 0 Å². The van der Waals surface area contributed by atoms with Crippen LogP contribution >= 0.6 is 0 Å². The van der Waals surface area contributed by atoms with Crippen LogP contribution < -0.4 is 11.1 Å². The second-order valence-corrected chi connectivity index (χ2v) is 4.37. The van der Waals surface area contributed by atoms with E-state index >= 15 is 0 Å². The van der Waals surface area contributed by atoms with Gasteiger partial charge >= 0.3 is 6.01 Å². The molecule has 1 aliphatic rings. The highest BCUT2D eigenvalue weighted by Crippen LogP contribution is 2.20. The van der Waals surface area contributed by atoms with Gasteiger partial charge in [0.1, 0.15) is 0 Å². The normalized spacial score (nSPS) is 18.3. The Morgan fingerprint density at radius 3 is 2.62 bits per heavy atom. The molecule has 0 bridgehead atoms. The lowest BCUT2D eigenvalue weighted by atomic mass is 10.1. The molecule has 0 unspecified atom stereocenters. The number of nitrogens with one attached hydrogen (secondary N) is 1. The number of aromatic nitrogens is 2. The highest BCUT2D eigenvalue weighted by Gasteiger charge is 2.14. The third-order valence-corrected chi connectivity index (χ3v) is 3.01. The summed E-state index contributed by atoms with van der Waals surface area (Å²) >= 11 is 0.